The van der Waals surface area contributed by atoms with Gasteiger partial charge in [-0.05, 0) is 30.2 Å². The van der Waals surface area contributed by atoms with Gasteiger partial charge in [0.2, 0.25) is 0 Å². The molecule has 1 saturated heterocycles. The Morgan fingerprint density at radius 1 is 1.17 bits per heavy atom. The number of aromatic amines is 1. The Kier molecular flexibility index (Phi) is 3.37. The Labute approximate surface area is 133 Å². The van der Waals surface area contributed by atoms with Crippen LogP contribution in [0.5, 0.6) is 0 Å². The third kappa shape index (κ3) is 2.50. The molecule has 1 fully saturated rings. The van der Waals surface area contributed by atoms with E-state index in [-0.39, 0.29) is 11.7 Å². The van der Waals surface area contributed by atoms with Crippen LogP contribution in [0.4, 0.5) is 4.39 Å². The molecule has 3 aromatic rings. The Balaban J connectivity index is 1.61. The van der Waals surface area contributed by atoms with Gasteiger partial charge in [0.15, 0.2) is 0 Å². The third-order valence-electron chi connectivity index (χ3n) is 4.60. The van der Waals surface area contributed by atoms with Crippen molar-refractivity contribution in [3.63, 3.8) is 0 Å². The predicted octanol–water partition coefficient (Wildman–Crippen LogP) is 3.94. The van der Waals surface area contributed by atoms with Crippen molar-refractivity contribution < 1.29 is 9.18 Å². The number of nitrogens with one attached hydrogen (secondary N) is 1. The molecule has 1 aromatic heterocycles. The molecule has 2 aromatic carbocycles. The number of hydrogen-bond acceptors (Lipinski definition) is 1. The molecule has 3 nitrogen and oxygen atoms in total. The summed E-state index contributed by atoms with van der Waals surface area (Å²) in [5, 5.41) is 0.729. The van der Waals surface area contributed by atoms with Crippen LogP contribution >= 0.6 is 0 Å². The fraction of sp³-hybridized carbons (Fsp3) is 0.211. The molecule has 1 aliphatic heterocycles. The van der Waals surface area contributed by atoms with Crippen LogP contribution in [0.25, 0.3) is 10.9 Å². The van der Waals surface area contributed by atoms with Crippen LogP contribution in [0.2, 0.25) is 0 Å². The summed E-state index contributed by atoms with van der Waals surface area (Å²) in [5.41, 5.74) is 2.38. The van der Waals surface area contributed by atoms with Gasteiger partial charge in [0.25, 0.3) is 5.91 Å². The Morgan fingerprint density at radius 3 is 2.83 bits per heavy atom. The van der Waals surface area contributed by atoms with E-state index in [0.29, 0.717) is 30.1 Å². The Hall–Kier alpha value is -2.62. The van der Waals surface area contributed by atoms with Gasteiger partial charge < -0.3 is 9.88 Å². The largest absolute Gasteiger partial charge is 0.361 e. The standard InChI is InChI=1S/C19H17FN2O/c20-16-10-14-6-8-21-18(14)17(11-16)19(23)22-9-7-15(12-22)13-4-2-1-3-5-13/h1-6,8,10-11,15,21H,7,9,12H2. The quantitative estimate of drug-likeness (QED) is 0.765. The zero-order valence-electron chi connectivity index (χ0n) is 12.6. The first-order valence-electron chi connectivity index (χ1n) is 7.83. The van der Waals surface area contributed by atoms with Crippen LogP contribution in [-0.4, -0.2) is 28.9 Å². The molecule has 1 atom stereocenters. The molecule has 0 saturated carbocycles. The van der Waals surface area contributed by atoms with E-state index >= 15 is 0 Å². The van der Waals surface area contributed by atoms with Crippen molar-refractivity contribution in [1.29, 1.82) is 0 Å². The molecule has 116 valence electrons. The zero-order chi connectivity index (χ0) is 15.8. The first kappa shape index (κ1) is 14.0. The van der Waals surface area contributed by atoms with Crippen LogP contribution in [0.1, 0.15) is 28.3 Å². The van der Waals surface area contributed by atoms with Crippen LogP contribution in [0, 0.1) is 5.82 Å². The van der Waals surface area contributed by atoms with E-state index in [1.807, 2.05) is 23.1 Å². The molecule has 2 heterocycles. The molecule has 0 spiro atoms. The van der Waals surface area contributed by atoms with Crippen molar-refractivity contribution in [3.05, 3.63) is 71.7 Å². The second-order valence-corrected chi connectivity index (χ2v) is 6.04. The zero-order valence-corrected chi connectivity index (χ0v) is 12.6. The Bertz CT molecular complexity index is 856. The van der Waals surface area contributed by atoms with E-state index in [9.17, 15) is 9.18 Å². The van der Waals surface area contributed by atoms with E-state index in [4.69, 9.17) is 0 Å². The first-order chi connectivity index (χ1) is 11.2. The van der Waals surface area contributed by atoms with E-state index < -0.39 is 0 Å². The summed E-state index contributed by atoms with van der Waals surface area (Å²) in [5.74, 6) is -0.123. The summed E-state index contributed by atoms with van der Waals surface area (Å²) in [6.45, 7) is 1.39. The van der Waals surface area contributed by atoms with Crippen molar-refractivity contribution in [3.8, 4) is 0 Å². The highest BCUT2D eigenvalue weighted by molar-refractivity contribution is 6.05. The molecule has 4 heteroatoms. The third-order valence-corrected chi connectivity index (χ3v) is 4.60. The number of likely N-dealkylation sites (tertiary alicyclic amines) is 1. The normalized spacial score (nSPS) is 17.8. The summed E-state index contributed by atoms with van der Waals surface area (Å²) in [6, 6.07) is 14.8. The molecule has 1 amide bonds. The molecular weight excluding hydrogens is 291 g/mol. The number of H-pyrrole nitrogens is 1. The lowest BCUT2D eigenvalue weighted by Gasteiger charge is -2.17. The fourth-order valence-electron chi connectivity index (χ4n) is 3.42. The maximum absolute atomic E-state index is 13.8. The molecule has 23 heavy (non-hydrogen) atoms. The van der Waals surface area contributed by atoms with Gasteiger partial charge in [-0.15, -0.1) is 0 Å². The lowest BCUT2D eigenvalue weighted by Crippen LogP contribution is -2.28. The van der Waals surface area contributed by atoms with Crippen molar-refractivity contribution in [2.45, 2.75) is 12.3 Å². The van der Waals surface area contributed by atoms with Gasteiger partial charge in [0.1, 0.15) is 5.82 Å². The average Bonchev–Trinajstić information content (AvgIpc) is 3.23. The van der Waals surface area contributed by atoms with Gasteiger partial charge in [-0.1, -0.05) is 30.3 Å². The summed E-state index contributed by atoms with van der Waals surface area (Å²) in [4.78, 5) is 17.7. The first-order valence-corrected chi connectivity index (χ1v) is 7.83. The summed E-state index contributed by atoms with van der Waals surface area (Å²) >= 11 is 0. The highest BCUT2D eigenvalue weighted by Gasteiger charge is 2.29. The van der Waals surface area contributed by atoms with Crippen LogP contribution in [0.15, 0.2) is 54.7 Å². The van der Waals surface area contributed by atoms with Gasteiger partial charge in [-0.3, -0.25) is 4.79 Å². The number of benzene rings is 2. The topological polar surface area (TPSA) is 36.1 Å². The second kappa shape index (κ2) is 5.54. The number of rotatable bonds is 2. The summed E-state index contributed by atoms with van der Waals surface area (Å²) in [6.07, 6.45) is 2.68. The number of carbonyl (C=O) groups is 1. The highest BCUT2D eigenvalue weighted by atomic mass is 19.1. The minimum atomic E-state index is -0.376. The van der Waals surface area contributed by atoms with Crippen molar-refractivity contribution in [2.75, 3.05) is 13.1 Å². The van der Waals surface area contributed by atoms with Crippen LogP contribution in [0.3, 0.4) is 0 Å². The number of nitrogens with zero attached hydrogens (tertiary/aromatic N) is 1. The average molecular weight is 308 g/mol. The van der Waals surface area contributed by atoms with Gasteiger partial charge in [-0.25, -0.2) is 4.39 Å². The van der Waals surface area contributed by atoms with E-state index in [1.165, 1.54) is 17.7 Å². The SMILES string of the molecule is O=C(c1cc(F)cc2cc[nH]c12)N1CCC(c2ccccc2)C1. The van der Waals surface area contributed by atoms with Crippen molar-refractivity contribution >= 4 is 16.8 Å². The molecular formula is C19H17FN2O. The van der Waals surface area contributed by atoms with Crippen LogP contribution < -0.4 is 0 Å². The molecule has 0 aliphatic carbocycles. The minimum Gasteiger partial charge on any atom is -0.361 e. The van der Waals surface area contributed by atoms with Gasteiger partial charge in [-0.2, -0.15) is 0 Å². The number of fused-ring (bicyclic) bond motifs is 1. The predicted molar refractivity (Wildman–Crippen MR) is 88.0 cm³/mol. The summed E-state index contributed by atoms with van der Waals surface area (Å²) < 4.78 is 13.8. The van der Waals surface area contributed by atoms with Gasteiger partial charge >= 0.3 is 0 Å². The maximum atomic E-state index is 13.8. The minimum absolute atomic E-state index is 0.101. The Morgan fingerprint density at radius 2 is 2.00 bits per heavy atom. The van der Waals surface area contributed by atoms with E-state index in [0.717, 1.165) is 11.8 Å². The molecule has 0 bridgehead atoms. The van der Waals surface area contributed by atoms with Crippen molar-refractivity contribution in [2.24, 2.45) is 0 Å². The second-order valence-electron chi connectivity index (χ2n) is 6.04. The highest BCUT2D eigenvalue weighted by Crippen LogP contribution is 2.29. The maximum Gasteiger partial charge on any atom is 0.256 e. The smallest absolute Gasteiger partial charge is 0.256 e. The van der Waals surface area contributed by atoms with Crippen molar-refractivity contribution in [1.82, 2.24) is 9.88 Å². The number of amides is 1. The van der Waals surface area contributed by atoms with E-state index in [2.05, 4.69) is 17.1 Å². The molecule has 1 unspecified atom stereocenters. The van der Waals surface area contributed by atoms with Crippen LogP contribution in [-0.2, 0) is 0 Å². The number of halogens is 1. The number of aromatic nitrogens is 1. The molecule has 1 N–H and O–H groups in total. The molecule has 1 aliphatic rings. The van der Waals surface area contributed by atoms with Gasteiger partial charge in [0, 0.05) is 30.6 Å². The van der Waals surface area contributed by atoms with E-state index in [1.54, 1.807) is 12.3 Å². The lowest BCUT2D eigenvalue weighted by atomic mass is 9.99. The molecule has 4 rings (SSSR count). The fourth-order valence-corrected chi connectivity index (χ4v) is 3.42. The lowest BCUT2D eigenvalue weighted by molar-refractivity contribution is 0.0792. The summed E-state index contributed by atoms with van der Waals surface area (Å²) in [7, 11) is 0. The monoisotopic (exact) mass is 308 g/mol. The van der Waals surface area contributed by atoms with Gasteiger partial charge in [0.05, 0.1) is 11.1 Å². The number of hydrogen-bond donors (Lipinski definition) is 1. The number of carbonyl (C=O) groups excluding carboxylic acids is 1. The molecule has 0 radical (unpaired) electrons.